The summed E-state index contributed by atoms with van der Waals surface area (Å²) < 4.78 is 40.7. The maximum Gasteiger partial charge on any atom is 0.573 e. The number of nitrogens with zero attached hydrogens (tertiary/aromatic N) is 2. The lowest BCUT2D eigenvalue weighted by Crippen LogP contribution is -2.16. The molecule has 2 rings (SSSR count). The Morgan fingerprint density at radius 2 is 1.88 bits per heavy atom. The Balaban J connectivity index is 2.42. The van der Waals surface area contributed by atoms with Crippen LogP contribution in [0.15, 0.2) is 41.4 Å². The fourth-order valence-electron chi connectivity index (χ4n) is 2.35. The lowest BCUT2D eigenvalue weighted by atomic mass is 9.96. The molecule has 0 saturated carbocycles. The molecule has 2 aromatic carbocycles. The number of rotatable bonds is 5. The van der Waals surface area contributed by atoms with Gasteiger partial charge in [-0.3, -0.25) is 4.99 Å². The highest BCUT2D eigenvalue weighted by Crippen LogP contribution is 2.33. The van der Waals surface area contributed by atoms with E-state index in [1.807, 2.05) is 20.1 Å². The summed E-state index contributed by atoms with van der Waals surface area (Å²) in [5, 5.41) is 9.27. The van der Waals surface area contributed by atoms with Crippen molar-refractivity contribution < 1.29 is 17.9 Å². The second-order valence-corrected chi connectivity index (χ2v) is 6.02. The summed E-state index contributed by atoms with van der Waals surface area (Å²) in [6.07, 6.45) is -1.93. The van der Waals surface area contributed by atoms with Crippen molar-refractivity contribution in [1.82, 2.24) is 0 Å². The number of halogens is 3. The third-order valence-corrected chi connectivity index (χ3v) is 4.02. The molecule has 0 aromatic heterocycles. The molecule has 1 atom stereocenters. The molecule has 0 radical (unpaired) electrons. The van der Waals surface area contributed by atoms with E-state index in [1.165, 1.54) is 24.3 Å². The largest absolute Gasteiger partial charge is 0.573 e. The molecular formula is C20H19F3N2O. The molecular weight excluding hydrogens is 341 g/mol. The number of benzene rings is 2. The fraction of sp³-hybridized carbons (Fsp3) is 0.300. The minimum atomic E-state index is -4.73. The molecule has 0 saturated heterocycles. The number of hydrogen-bond donors (Lipinski definition) is 0. The summed E-state index contributed by atoms with van der Waals surface area (Å²) in [6, 6.07) is 11.1. The van der Waals surface area contributed by atoms with Crippen LogP contribution >= 0.6 is 0 Å². The maximum absolute atomic E-state index is 12.3. The molecule has 0 aliphatic rings. The van der Waals surface area contributed by atoms with Gasteiger partial charge in [0.15, 0.2) is 0 Å². The molecule has 0 N–H and O–H groups in total. The van der Waals surface area contributed by atoms with E-state index in [1.54, 1.807) is 12.1 Å². The van der Waals surface area contributed by atoms with Crippen LogP contribution in [0.5, 0.6) is 5.75 Å². The molecule has 0 aliphatic carbocycles. The molecule has 0 spiro atoms. The topological polar surface area (TPSA) is 45.4 Å². The number of aliphatic imine (C=N–C) groups is 1. The zero-order chi connectivity index (χ0) is 19.3. The highest BCUT2D eigenvalue weighted by molar-refractivity contribution is 5.77. The zero-order valence-electron chi connectivity index (χ0n) is 14.8. The summed E-state index contributed by atoms with van der Waals surface area (Å²) in [4.78, 5) is 4.49. The van der Waals surface area contributed by atoms with Gasteiger partial charge in [0, 0.05) is 6.21 Å². The Morgan fingerprint density at radius 1 is 1.23 bits per heavy atom. The average molecular weight is 360 g/mol. The molecule has 0 heterocycles. The van der Waals surface area contributed by atoms with E-state index in [9.17, 15) is 18.4 Å². The molecule has 26 heavy (non-hydrogen) atoms. The first-order chi connectivity index (χ1) is 12.2. The fourth-order valence-corrected chi connectivity index (χ4v) is 2.35. The minimum absolute atomic E-state index is 0.287. The maximum atomic E-state index is 12.3. The summed E-state index contributed by atoms with van der Waals surface area (Å²) in [6.45, 7) is 5.98. The van der Waals surface area contributed by atoms with Crippen molar-refractivity contribution >= 4 is 11.9 Å². The molecule has 6 heteroatoms. The van der Waals surface area contributed by atoms with Crippen LogP contribution in [0, 0.1) is 24.2 Å². The van der Waals surface area contributed by atoms with Crippen molar-refractivity contribution in [3.8, 4) is 22.9 Å². The monoisotopic (exact) mass is 360 g/mol. The first kappa shape index (κ1) is 19.5. The van der Waals surface area contributed by atoms with Gasteiger partial charge in [-0.25, -0.2) is 0 Å². The van der Waals surface area contributed by atoms with Crippen LogP contribution in [0.25, 0.3) is 11.1 Å². The van der Waals surface area contributed by atoms with Crippen molar-refractivity contribution in [3.05, 3.63) is 47.5 Å². The van der Waals surface area contributed by atoms with Gasteiger partial charge >= 0.3 is 6.36 Å². The van der Waals surface area contributed by atoms with Crippen LogP contribution in [0.3, 0.4) is 0 Å². The van der Waals surface area contributed by atoms with E-state index in [2.05, 4.69) is 22.7 Å². The highest BCUT2D eigenvalue weighted by atomic mass is 19.4. The standard InChI is InChI=1S/C20H19F3N2O/c1-4-13(2)12-25-19-10-15(11-24)9-18(14(19)3)16-5-7-17(8-6-16)26-20(21,22)23/h5-10,12-13H,4H2,1-3H3. The third-order valence-electron chi connectivity index (χ3n) is 4.02. The number of ether oxygens (including phenoxy) is 1. The number of nitriles is 1. The van der Waals surface area contributed by atoms with Crippen LogP contribution in [0.1, 0.15) is 31.4 Å². The van der Waals surface area contributed by atoms with E-state index in [0.717, 1.165) is 17.5 Å². The summed E-state index contributed by atoms with van der Waals surface area (Å²) in [5.74, 6) is 0.0211. The lowest BCUT2D eigenvalue weighted by molar-refractivity contribution is -0.274. The van der Waals surface area contributed by atoms with E-state index in [-0.39, 0.29) is 5.75 Å². The van der Waals surface area contributed by atoms with Crippen LogP contribution in [0.2, 0.25) is 0 Å². The lowest BCUT2D eigenvalue weighted by Gasteiger charge is -2.12. The van der Waals surface area contributed by atoms with E-state index < -0.39 is 6.36 Å². The van der Waals surface area contributed by atoms with Crippen molar-refractivity contribution in [2.75, 3.05) is 0 Å². The zero-order valence-corrected chi connectivity index (χ0v) is 14.8. The van der Waals surface area contributed by atoms with Gasteiger partial charge in [0.25, 0.3) is 0 Å². The smallest absolute Gasteiger partial charge is 0.406 e. The van der Waals surface area contributed by atoms with Gasteiger partial charge in [0.05, 0.1) is 17.3 Å². The number of alkyl halides is 3. The van der Waals surface area contributed by atoms with Gasteiger partial charge in [-0.1, -0.05) is 26.0 Å². The quantitative estimate of drug-likeness (QED) is 0.598. The van der Waals surface area contributed by atoms with Crippen LogP contribution in [-0.2, 0) is 0 Å². The Labute approximate surface area is 150 Å². The van der Waals surface area contributed by atoms with Gasteiger partial charge in [0.1, 0.15) is 5.75 Å². The molecule has 1 unspecified atom stereocenters. The SMILES string of the molecule is CCC(C)C=Nc1cc(C#N)cc(-c2ccc(OC(F)(F)F)cc2)c1C. The number of hydrogen-bond acceptors (Lipinski definition) is 3. The Kier molecular flexibility index (Phi) is 6.04. The van der Waals surface area contributed by atoms with Gasteiger partial charge < -0.3 is 4.74 Å². The van der Waals surface area contributed by atoms with Crippen molar-refractivity contribution in [2.24, 2.45) is 10.9 Å². The molecule has 136 valence electrons. The molecule has 0 fully saturated rings. The van der Waals surface area contributed by atoms with E-state index in [0.29, 0.717) is 22.7 Å². The normalized spacial score (nSPS) is 12.8. The van der Waals surface area contributed by atoms with Gasteiger partial charge in [-0.05, 0) is 60.2 Å². The van der Waals surface area contributed by atoms with Crippen LogP contribution < -0.4 is 4.74 Å². The van der Waals surface area contributed by atoms with E-state index in [4.69, 9.17) is 0 Å². The second-order valence-electron chi connectivity index (χ2n) is 6.02. The Morgan fingerprint density at radius 3 is 2.42 bits per heavy atom. The molecule has 0 aliphatic heterocycles. The van der Waals surface area contributed by atoms with E-state index >= 15 is 0 Å². The highest BCUT2D eigenvalue weighted by Gasteiger charge is 2.31. The van der Waals surface area contributed by atoms with Gasteiger partial charge in [-0.2, -0.15) is 5.26 Å². The second kappa shape index (κ2) is 8.05. The summed E-state index contributed by atoms with van der Waals surface area (Å²) >= 11 is 0. The van der Waals surface area contributed by atoms with Crippen molar-refractivity contribution in [2.45, 2.75) is 33.6 Å². The van der Waals surface area contributed by atoms with Gasteiger partial charge in [-0.15, -0.1) is 13.2 Å². The van der Waals surface area contributed by atoms with Gasteiger partial charge in [0.2, 0.25) is 0 Å². The van der Waals surface area contributed by atoms with Crippen molar-refractivity contribution in [3.63, 3.8) is 0 Å². The first-order valence-electron chi connectivity index (χ1n) is 8.18. The first-order valence-corrected chi connectivity index (χ1v) is 8.18. The minimum Gasteiger partial charge on any atom is -0.406 e. The van der Waals surface area contributed by atoms with Crippen LogP contribution in [0.4, 0.5) is 18.9 Å². The molecule has 0 bridgehead atoms. The molecule has 0 amide bonds. The summed E-state index contributed by atoms with van der Waals surface area (Å²) in [5.41, 5.74) is 3.41. The average Bonchev–Trinajstić information content (AvgIpc) is 2.60. The predicted octanol–water partition coefficient (Wildman–Crippen LogP) is 6.18. The van der Waals surface area contributed by atoms with Crippen LogP contribution in [-0.4, -0.2) is 12.6 Å². The predicted molar refractivity (Wildman–Crippen MR) is 95.6 cm³/mol. The van der Waals surface area contributed by atoms with Crippen molar-refractivity contribution in [1.29, 1.82) is 5.26 Å². The summed E-state index contributed by atoms with van der Waals surface area (Å²) in [7, 11) is 0. The Bertz CT molecular complexity index is 834. The molecule has 2 aromatic rings. The Hall–Kier alpha value is -2.81. The molecule has 3 nitrogen and oxygen atoms in total. The third kappa shape index (κ3) is 5.09.